The summed E-state index contributed by atoms with van der Waals surface area (Å²) in [4.78, 5) is 22.5. The molecule has 1 aromatic heterocycles. The highest BCUT2D eigenvalue weighted by Crippen LogP contribution is 2.17. The summed E-state index contributed by atoms with van der Waals surface area (Å²) in [5.74, 6) is -0.241. The molecular formula is C14H22N4O3. The van der Waals surface area contributed by atoms with Crippen LogP contribution in [0.5, 0.6) is 0 Å². The molecule has 0 spiro atoms. The Kier molecular flexibility index (Phi) is 5.32. The number of aromatic nitrogens is 1. The molecule has 1 amide bonds. The Balaban J connectivity index is 1.94. The van der Waals surface area contributed by atoms with Gasteiger partial charge in [0.15, 0.2) is 0 Å². The van der Waals surface area contributed by atoms with Gasteiger partial charge in [0.25, 0.3) is 11.6 Å². The maximum atomic E-state index is 12.2. The van der Waals surface area contributed by atoms with Crippen molar-refractivity contribution in [2.75, 3.05) is 13.1 Å². The molecule has 0 aromatic carbocycles. The van der Waals surface area contributed by atoms with Crippen LogP contribution in [0.25, 0.3) is 0 Å². The summed E-state index contributed by atoms with van der Waals surface area (Å²) in [5, 5.41) is 17.1. The molecule has 7 heteroatoms. The lowest BCUT2D eigenvalue weighted by atomic mass is 10.1. The molecule has 7 nitrogen and oxygen atoms in total. The number of carbonyl (C=O) groups is 1. The molecule has 116 valence electrons. The number of amides is 1. The van der Waals surface area contributed by atoms with Gasteiger partial charge < -0.3 is 15.2 Å². The zero-order chi connectivity index (χ0) is 15.2. The average molecular weight is 294 g/mol. The minimum absolute atomic E-state index is 0.0361. The highest BCUT2D eigenvalue weighted by atomic mass is 16.6. The Bertz CT molecular complexity index is 506. The van der Waals surface area contributed by atoms with Crippen molar-refractivity contribution in [3.05, 3.63) is 28.1 Å². The number of nitrogens with zero attached hydrogens (tertiary/aromatic N) is 2. The predicted molar refractivity (Wildman–Crippen MR) is 79.4 cm³/mol. The zero-order valence-electron chi connectivity index (χ0n) is 12.3. The highest BCUT2D eigenvalue weighted by Gasteiger charge is 2.19. The lowest BCUT2D eigenvalue weighted by molar-refractivity contribution is -0.384. The largest absolute Gasteiger partial charge is 0.351 e. The molecule has 2 rings (SSSR count). The molecule has 2 N–H and O–H groups in total. The first-order valence-corrected chi connectivity index (χ1v) is 7.48. The van der Waals surface area contributed by atoms with Gasteiger partial charge >= 0.3 is 0 Å². The standard InChI is InChI=1S/C14H22N4O3/c1-2-8-17-10-12(18(20)21)9-13(17)14(19)16-7-5-11-4-3-6-15-11/h9-11,15H,2-8H2,1H3,(H,16,19)/t11-/m1/s1. The van der Waals surface area contributed by atoms with E-state index in [1.54, 1.807) is 4.57 Å². The highest BCUT2D eigenvalue weighted by molar-refractivity contribution is 5.93. The van der Waals surface area contributed by atoms with E-state index in [0.717, 1.165) is 25.8 Å². The molecule has 0 aliphatic carbocycles. The van der Waals surface area contributed by atoms with Crippen LogP contribution in [0.1, 0.15) is 43.1 Å². The molecule has 0 unspecified atom stereocenters. The molecule has 0 saturated carbocycles. The van der Waals surface area contributed by atoms with Gasteiger partial charge in [-0.05, 0) is 32.2 Å². The summed E-state index contributed by atoms with van der Waals surface area (Å²) in [7, 11) is 0. The van der Waals surface area contributed by atoms with Crippen molar-refractivity contribution in [3.63, 3.8) is 0 Å². The Morgan fingerprint density at radius 3 is 3.05 bits per heavy atom. The second-order valence-electron chi connectivity index (χ2n) is 5.37. The van der Waals surface area contributed by atoms with Gasteiger partial charge in [-0.1, -0.05) is 6.92 Å². The Morgan fingerprint density at radius 1 is 1.62 bits per heavy atom. The molecule has 1 aliphatic rings. The first kappa shape index (κ1) is 15.5. The first-order valence-electron chi connectivity index (χ1n) is 7.48. The van der Waals surface area contributed by atoms with Crippen LogP contribution in [0.2, 0.25) is 0 Å². The molecule has 21 heavy (non-hydrogen) atoms. The van der Waals surface area contributed by atoms with E-state index >= 15 is 0 Å². The molecule has 2 heterocycles. The summed E-state index contributed by atoms with van der Waals surface area (Å²) in [5.41, 5.74) is 0.328. The van der Waals surface area contributed by atoms with Gasteiger partial charge in [-0.15, -0.1) is 0 Å². The van der Waals surface area contributed by atoms with E-state index in [1.165, 1.54) is 18.7 Å². The van der Waals surface area contributed by atoms with Crippen LogP contribution >= 0.6 is 0 Å². The monoisotopic (exact) mass is 294 g/mol. The predicted octanol–water partition coefficient (Wildman–Crippen LogP) is 1.68. The third-order valence-electron chi connectivity index (χ3n) is 3.73. The summed E-state index contributed by atoms with van der Waals surface area (Å²) in [6, 6.07) is 1.82. The zero-order valence-corrected chi connectivity index (χ0v) is 12.3. The molecule has 1 saturated heterocycles. The van der Waals surface area contributed by atoms with Crippen LogP contribution in [0.15, 0.2) is 12.3 Å². The molecule has 1 fully saturated rings. The van der Waals surface area contributed by atoms with Crippen LogP contribution < -0.4 is 10.6 Å². The fourth-order valence-corrected chi connectivity index (χ4v) is 2.66. The Labute approximate surface area is 123 Å². The number of nitrogens with one attached hydrogen (secondary N) is 2. The maximum Gasteiger partial charge on any atom is 0.287 e. The van der Waals surface area contributed by atoms with Crippen molar-refractivity contribution in [2.24, 2.45) is 0 Å². The number of rotatable bonds is 7. The van der Waals surface area contributed by atoms with E-state index in [4.69, 9.17) is 0 Å². The second kappa shape index (κ2) is 7.21. The normalized spacial score (nSPS) is 17.9. The van der Waals surface area contributed by atoms with E-state index in [2.05, 4.69) is 10.6 Å². The van der Waals surface area contributed by atoms with E-state index in [-0.39, 0.29) is 11.6 Å². The van der Waals surface area contributed by atoms with Gasteiger partial charge in [0.2, 0.25) is 0 Å². The average Bonchev–Trinajstić information content (AvgIpc) is 3.08. The van der Waals surface area contributed by atoms with Gasteiger partial charge in [0.05, 0.1) is 11.1 Å². The molecule has 1 aromatic rings. The quantitative estimate of drug-likeness (QED) is 0.591. The lowest BCUT2D eigenvalue weighted by Gasteiger charge is -2.11. The molecular weight excluding hydrogens is 272 g/mol. The van der Waals surface area contributed by atoms with E-state index in [1.807, 2.05) is 6.92 Å². The number of nitro groups is 1. The van der Waals surface area contributed by atoms with Gasteiger partial charge in [-0.25, -0.2) is 0 Å². The molecule has 0 bridgehead atoms. The smallest absolute Gasteiger partial charge is 0.287 e. The van der Waals surface area contributed by atoms with Crippen LogP contribution in [0.4, 0.5) is 5.69 Å². The summed E-state index contributed by atoms with van der Waals surface area (Å²) in [6.07, 6.45) is 5.47. The van der Waals surface area contributed by atoms with Crippen LogP contribution in [0.3, 0.4) is 0 Å². The van der Waals surface area contributed by atoms with E-state index in [9.17, 15) is 14.9 Å². The lowest BCUT2D eigenvalue weighted by Crippen LogP contribution is -2.31. The SMILES string of the molecule is CCCn1cc([N+](=O)[O-])cc1C(=O)NCC[C@H]1CCCN1. The molecule has 1 atom stereocenters. The van der Waals surface area contributed by atoms with E-state index in [0.29, 0.717) is 24.8 Å². The molecule has 1 aliphatic heterocycles. The summed E-state index contributed by atoms with van der Waals surface area (Å²) in [6.45, 7) is 4.20. The minimum atomic E-state index is -0.467. The summed E-state index contributed by atoms with van der Waals surface area (Å²) < 4.78 is 1.65. The van der Waals surface area contributed by atoms with Gasteiger partial charge in [-0.3, -0.25) is 14.9 Å². The Hall–Kier alpha value is -1.89. The fourth-order valence-electron chi connectivity index (χ4n) is 2.66. The third-order valence-corrected chi connectivity index (χ3v) is 3.73. The van der Waals surface area contributed by atoms with Crippen molar-refractivity contribution in [1.29, 1.82) is 0 Å². The van der Waals surface area contributed by atoms with Crippen LogP contribution in [0, 0.1) is 10.1 Å². The second-order valence-corrected chi connectivity index (χ2v) is 5.37. The number of hydrogen-bond donors (Lipinski definition) is 2. The van der Waals surface area contributed by atoms with Crippen molar-refractivity contribution < 1.29 is 9.72 Å². The fraction of sp³-hybridized carbons (Fsp3) is 0.643. The number of carbonyl (C=O) groups excluding carboxylic acids is 1. The first-order chi connectivity index (χ1) is 10.1. The maximum absolute atomic E-state index is 12.2. The Morgan fingerprint density at radius 2 is 2.43 bits per heavy atom. The van der Waals surface area contributed by atoms with Gasteiger partial charge in [-0.2, -0.15) is 0 Å². The van der Waals surface area contributed by atoms with Crippen LogP contribution in [-0.2, 0) is 6.54 Å². The summed E-state index contributed by atoms with van der Waals surface area (Å²) >= 11 is 0. The van der Waals surface area contributed by atoms with Crippen molar-refractivity contribution in [1.82, 2.24) is 15.2 Å². The van der Waals surface area contributed by atoms with Crippen LogP contribution in [-0.4, -0.2) is 34.5 Å². The number of aryl methyl sites for hydroxylation is 1. The van der Waals surface area contributed by atoms with Gasteiger partial charge in [0.1, 0.15) is 5.69 Å². The van der Waals surface area contributed by atoms with Crippen molar-refractivity contribution in [3.8, 4) is 0 Å². The topological polar surface area (TPSA) is 89.2 Å². The number of hydrogen-bond acceptors (Lipinski definition) is 4. The molecule has 0 radical (unpaired) electrons. The van der Waals surface area contributed by atoms with Crippen molar-refractivity contribution in [2.45, 2.75) is 45.2 Å². The minimum Gasteiger partial charge on any atom is -0.351 e. The third kappa shape index (κ3) is 4.04. The van der Waals surface area contributed by atoms with E-state index < -0.39 is 4.92 Å². The van der Waals surface area contributed by atoms with Gasteiger partial charge in [0, 0.05) is 25.2 Å². The van der Waals surface area contributed by atoms with Crippen molar-refractivity contribution >= 4 is 11.6 Å².